The van der Waals surface area contributed by atoms with Crippen molar-refractivity contribution in [3.63, 3.8) is 0 Å². The second-order valence-electron chi connectivity index (χ2n) is 5.75. The van der Waals surface area contributed by atoms with Crippen molar-refractivity contribution in [1.82, 2.24) is 5.32 Å². The molecule has 3 N–H and O–H groups in total. The zero-order valence-electron chi connectivity index (χ0n) is 12.6. The van der Waals surface area contributed by atoms with Gasteiger partial charge in [-0.1, -0.05) is 31.4 Å². The van der Waals surface area contributed by atoms with Crippen LogP contribution in [-0.2, 0) is 16.0 Å². The summed E-state index contributed by atoms with van der Waals surface area (Å²) in [5.74, 6) is 0.0532. The van der Waals surface area contributed by atoms with Crippen LogP contribution in [0.4, 0.5) is 5.69 Å². The monoisotopic (exact) mass is 290 g/mol. The molecule has 1 aromatic carbocycles. The maximum atomic E-state index is 11.8. The van der Waals surface area contributed by atoms with Crippen molar-refractivity contribution in [1.29, 1.82) is 0 Å². The van der Waals surface area contributed by atoms with Crippen LogP contribution < -0.4 is 11.1 Å². The standard InChI is InChI=1S/C17H26N2O2/c18-15-9-7-14(8-10-15)13-17(20)19-11-4-12-21-16-5-2-1-3-6-16/h7-10,16H,1-6,11-13,18H2,(H,19,20). The van der Waals surface area contributed by atoms with Crippen LogP contribution in [0.5, 0.6) is 0 Å². The van der Waals surface area contributed by atoms with Crippen LogP contribution >= 0.6 is 0 Å². The van der Waals surface area contributed by atoms with E-state index in [0.29, 0.717) is 19.1 Å². The number of nitrogens with two attached hydrogens (primary N) is 1. The Labute approximate surface area is 127 Å². The number of anilines is 1. The number of nitrogens with one attached hydrogen (secondary N) is 1. The number of rotatable bonds is 7. The average molecular weight is 290 g/mol. The minimum atomic E-state index is 0.0532. The molecule has 0 spiro atoms. The van der Waals surface area contributed by atoms with Gasteiger partial charge in [-0.3, -0.25) is 4.79 Å². The van der Waals surface area contributed by atoms with Crippen LogP contribution in [-0.4, -0.2) is 25.2 Å². The quantitative estimate of drug-likeness (QED) is 0.599. The van der Waals surface area contributed by atoms with Crippen LogP contribution in [0, 0.1) is 0 Å². The highest BCUT2D eigenvalue weighted by Crippen LogP contribution is 2.20. The fourth-order valence-electron chi connectivity index (χ4n) is 2.67. The lowest BCUT2D eigenvalue weighted by atomic mass is 9.98. The van der Waals surface area contributed by atoms with Crippen LogP contribution in [0.15, 0.2) is 24.3 Å². The summed E-state index contributed by atoms with van der Waals surface area (Å²) in [5.41, 5.74) is 7.33. The molecule has 0 unspecified atom stereocenters. The minimum Gasteiger partial charge on any atom is -0.399 e. The number of carbonyl (C=O) groups is 1. The highest BCUT2D eigenvalue weighted by atomic mass is 16.5. The predicted molar refractivity (Wildman–Crippen MR) is 85.0 cm³/mol. The van der Waals surface area contributed by atoms with Crippen LogP contribution in [0.25, 0.3) is 0 Å². The van der Waals surface area contributed by atoms with E-state index in [2.05, 4.69) is 5.32 Å². The van der Waals surface area contributed by atoms with E-state index < -0.39 is 0 Å². The van der Waals surface area contributed by atoms with Crippen molar-refractivity contribution in [2.24, 2.45) is 0 Å². The van der Waals surface area contributed by atoms with Gasteiger partial charge in [-0.15, -0.1) is 0 Å². The first kappa shape index (κ1) is 15.8. The lowest BCUT2D eigenvalue weighted by Crippen LogP contribution is -2.27. The van der Waals surface area contributed by atoms with E-state index in [1.165, 1.54) is 32.1 Å². The molecule has 1 fully saturated rings. The fourth-order valence-corrected chi connectivity index (χ4v) is 2.67. The number of benzene rings is 1. The molecule has 4 nitrogen and oxygen atoms in total. The van der Waals surface area contributed by atoms with E-state index in [1.54, 1.807) is 0 Å². The highest BCUT2D eigenvalue weighted by molar-refractivity contribution is 5.78. The topological polar surface area (TPSA) is 64.4 Å². The molecule has 1 saturated carbocycles. The minimum absolute atomic E-state index is 0.0532. The Hall–Kier alpha value is -1.55. The van der Waals surface area contributed by atoms with Gasteiger partial charge < -0.3 is 15.8 Å². The Kier molecular flexibility index (Phi) is 6.54. The lowest BCUT2D eigenvalue weighted by molar-refractivity contribution is -0.120. The van der Waals surface area contributed by atoms with Crippen LogP contribution in [0.3, 0.4) is 0 Å². The van der Waals surface area contributed by atoms with Gasteiger partial charge in [0.2, 0.25) is 5.91 Å². The van der Waals surface area contributed by atoms with E-state index in [1.807, 2.05) is 24.3 Å². The maximum Gasteiger partial charge on any atom is 0.224 e. The first-order chi connectivity index (χ1) is 10.2. The average Bonchev–Trinajstić information content (AvgIpc) is 2.50. The zero-order chi connectivity index (χ0) is 14.9. The lowest BCUT2D eigenvalue weighted by Gasteiger charge is -2.21. The van der Waals surface area contributed by atoms with Gasteiger partial charge in [-0.2, -0.15) is 0 Å². The van der Waals surface area contributed by atoms with Gasteiger partial charge in [0.15, 0.2) is 0 Å². The molecular weight excluding hydrogens is 264 g/mol. The fraction of sp³-hybridized carbons (Fsp3) is 0.588. The maximum absolute atomic E-state index is 11.8. The summed E-state index contributed by atoms with van der Waals surface area (Å²) < 4.78 is 5.83. The smallest absolute Gasteiger partial charge is 0.224 e. The van der Waals surface area contributed by atoms with Gasteiger partial charge in [-0.25, -0.2) is 0 Å². The molecule has 0 atom stereocenters. The third-order valence-corrected chi connectivity index (χ3v) is 3.89. The molecule has 0 saturated heterocycles. The summed E-state index contributed by atoms with van der Waals surface area (Å²) in [7, 11) is 0. The van der Waals surface area contributed by atoms with Crippen molar-refractivity contribution in [2.75, 3.05) is 18.9 Å². The first-order valence-corrected chi connectivity index (χ1v) is 7.97. The molecule has 21 heavy (non-hydrogen) atoms. The van der Waals surface area contributed by atoms with E-state index >= 15 is 0 Å². The molecule has 0 aliphatic heterocycles. The molecule has 1 aromatic rings. The molecule has 0 aromatic heterocycles. The highest BCUT2D eigenvalue weighted by Gasteiger charge is 2.13. The molecule has 1 aliphatic rings. The van der Waals surface area contributed by atoms with Gasteiger partial charge in [0.05, 0.1) is 12.5 Å². The first-order valence-electron chi connectivity index (χ1n) is 7.97. The van der Waals surface area contributed by atoms with E-state index in [9.17, 15) is 4.79 Å². The summed E-state index contributed by atoms with van der Waals surface area (Å²) in [6.07, 6.45) is 8.07. The van der Waals surface area contributed by atoms with Crippen LogP contribution in [0.1, 0.15) is 44.1 Å². The number of hydrogen-bond acceptors (Lipinski definition) is 3. The summed E-state index contributed by atoms with van der Waals surface area (Å²) in [4.78, 5) is 11.8. The number of hydrogen-bond donors (Lipinski definition) is 2. The second kappa shape index (κ2) is 8.67. The Bertz CT molecular complexity index is 425. The summed E-state index contributed by atoms with van der Waals surface area (Å²) in [6.45, 7) is 1.42. The predicted octanol–water partition coefficient (Wildman–Crippen LogP) is 2.67. The molecule has 0 bridgehead atoms. The van der Waals surface area contributed by atoms with Crippen molar-refractivity contribution in [3.8, 4) is 0 Å². The summed E-state index contributed by atoms with van der Waals surface area (Å²) >= 11 is 0. The Morgan fingerprint density at radius 2 is 1.90 bits per heavy atom. The van der Waals surface area contributed by atoms with Crippen molar-refractivity contribution >= 4 is 11.6 Å². The zero-order valence-corrected chi connectivity index (χ0v) is 12.6. The summed E-state index contributed by atoms with van der Waals surface area (Å²) in [5, 5.41) is 2.93. The van der Waals surface area contributed by atoms with Crippen LogP contribution in [0.2, 0.25) is 0 Å². The molecule has 1 aliphatic carbocycles. The molecule has 1 amide bonds. The normalized spacial score (nSPS) is 15.8. The number of carbonyl (C=O) groups excluding carboxylic acids is 1. The largest absolute Gasteiger partial charge is 0.399 e. The number of ether oxygens (including phenoxy) is 1. The van der Waals surface area contributed by atoms with Gasteiger partial charge in [0.25, 0.3) is 0 Å². The van der Waals surface area contributed by atoms with E-state index in [0.717, 1.165) is 24.3 Å². The number of nitrogen functional groups attached to an aromatic ring is 1. The third-order valence-electron chi connectivity index (χ3n) is 3.89. The SMILES string of the molecule is Nc1ccc(CC(=O)NCCCOC2CCCCC2)cc1. The second-order valence-corrected chi connectivity index (χ2v) is 5.75. The molecule has 0 heterocycles. The van der Waals surface area contributed by atoms with E-state index in [-0.39, 0.29) is 5.91 Å². The van der Waals surface area contributed by atoms with Crippen molar-refractivity contribution in [3.05, 3.63) is 29.8 Å². The molecule has 116 valence electrons. The van der Waals surface area contributed by atoms with Gasteiger partial charge in [-0.05, 0) is 37.0 Å². The van der Waals surface area contributed by atoms with Crippen molar-refractivity contribution < 1.29 is 9.53 Å². The molecule has 0 radical (unpaired) electrons. The van der Waals surface area contributed by atoms with E-state index in [4.69, 9.17) is 10.5 Å². The number of amides is 1. The Balaban J connectivity index is 1.53. The summed E-state index contributed by atoms with van der Waals surface area (Å²) in [6, 6.07) is 7.42. The molecule has 2 rings (SSSR count). The molecule has 4 heteroatoms. The van der Waals surface area contributed by atoms with Gasteiger partial charge >= 0.3 is 0 Å². The third kappa shape index (κ3) is 6.17. The Morgan fingerprint density at radius 1 is 1.19 bits per heavy atom. The van der Waals surface area contributed by atoms with Gasteiger partial charge in [0.1, 0.15) is 0 Å². The molecular formula is C17H26N2O2. The van der Waals surface area contributed by atoms with Crippen molar-refractivity contribution in [2.45, 2.75) is 51.0 Å². The van der Waals surface area contributed by atoms with Gasteiger partial charge in [0, 0.05) is 18.8 Å². The Morgan fingerprint density at radius 3 is 2.62 bits per heavy atom.